The molecule has 2 aromatic rings. The fraction of sp³-hybridized carbons (Fsp3) is 0. The predicted octanol–water partition coefficient (Wildman–Crippen LogP) is 2.68. The molecule has 0 saturated heterocycles. The highest BCUT2D eigenvalue weighted by Gasteiger charge is 2.16. The molecule has 0 spiro atoms. The standard InChI is InChI=1S/C7H3N5O3/c8-11-10-7-9-6-4(12(13)14)2-1-3-5(6)15-7/h1-3H. The van der Waals surface area contributed by atoms with Crippen LogP contribution in [0.1, 0.15) is 0 Å². The van der Waals surface area contributed by atoms with E-state index >= 15 is 0 Å². The number of oxazole rings is 1. The van der Waals surface area contributed by atoms with Crippen molar-refractivity contribution in [3.8, 4) is 0 Å². The molecule has 0 saturated carbocycles. The fourth-order valence-electron chi connectivity index (χ4n) is 1.15. The number of hydrogen-bond acceptors (Lipinski definition) is 5. The van der Waals surface area contributed by atoms with Gasteiger partial charge in [0.05, 0.1) is 4.92 Å². The van der Waals surface area contributed by atoms with Gasteiger partial charge in [0, 0.05) is 11.0 Å². The molecule has 1 heterocycles. The smallest absolute Gasteiger partial charge is 0.298 e. The number of nitro benzene ring substituents is 1. The Kier molecular flexibility index (Phi) is 1.96. The summed E-state index contributed by atoms with van der Waals surface area (Å²) in [4.78, 5) is 16.2. The van der Waals surface area contributed by atoms with Gasteiger partial charge in [0.25, 0.3) is 11.7 Å². The van der Waals surface area contributed by atoms with E-state index < -0.39 is 4.92 Å². The lowest BCUT2D eigenvalue weighted by atomic mass is 10.3. The SMILES string of the molecule is [N-]=[N+]=Nc1nc2c([N+](=O)[O-])cccc2o1. The summed E-state index contributed by atoms with van der Waals surface area (Å²) in [6.45, 7) is 0. The van der Waals surface area contributed by atoms with Crippen LogP contribution in [0.2, 0.25) is 0 Å². The summed E-state index contributed by atoms with van der Waals surface area (Å²) < 4.78 is 4.96. The second kappa shape index (κ2) is 3.28. The molecule has 2 rings (SSSR count). The highest BCUT2D eigenvalue weighted by molar-refractivity contribution is 5.83. The summed E-state index contributed by atoms with van der Waals surface area (Å²) in [5, 5.41) is 13.7. The molecular formula is C7H3N5O3. The second-order valence-corrected chi connectivity index (χ2v) is 2.57. The number of nitrogens with zero attached hydrogens (tertiary/aromatic N) is 5. The Morgan fingerprint density at radius 1 is 1.60 bits per heavy atom. The van der Waals surface area contributed by atoms with Crippen molar-refractivity contribution >= 4 is 22.8 Å². The third-order valence-corrected chi connectivity index (χ3v) is 1.71. The zero-order valence-corrected chi connectivity index (χ0v) is 7.19. The molecule has 0 aliphatic heterocycles. The molecule has 0 amide bonds. The van der Waals surface area contributed by atoms with E-state index in [1.165, 1.54) is 18.2 Å². The van der Waals surface area contributed by atoms with Crippen LogP contribution < -0.4 is 0 Å². The number of azide groups is 1. The van der Waals surface area contributed by atoms with Gasteiger partial charge < -0.3 is 4.42 Å². The average Bonchev–Trinajstić information content (AvgIpc) is 2.59. The fourth-order valence-corrected chi connectivity index (χ4v) is 1.15. The summed E-state index contributed by atoms with van der Waals surface area (Å²) in [6, 6.07) is 4.03. The van der Waals surface area contributed by atoms with Gasteiger partial charge in [0.15, 0.2) is 11.1 Å². The minimum Gasteiger partial charge on any atom is -0.434 e. The van der Waals surface area contributed by atoms with E-state index in [2.05, 4.69) is 15.0 Å². The number of nitro groups is 1. The number of non-ortho nitro benzene ring substituents is 1. The van der Waals surface area contributed by atoms with Crippen molar-refractivity contribution in [2.24, 2.45) is 5.11 Å². The Morgan fingerprint density at radius 2 is 2.40 bits per heavy atom. The monoisotopic (exact) mass is 205 g/mol. The Bertz CT molecular complexity index is 583. The van der Waals surface area contributed by atoms with Crippen molar-refractivity contribution in [2.75, 3.05) is 0 Å². The molecular weight excluding hydrogens is 202 g/mol. The van der Waals surface area contributed by atoms with Crippen LogP contribution in [0.4, 0.5) is 11.7 Å². The molecule has 15 heavy (non-hydrogen) atoms. The van der Waals surface area contributed by atoms with Gasteiger partial charge in [-0.1, -0.05) is 6.07 Å². The molecule has 0 aliphatic rings. The number of aromatic nitrogens is 1. The average molecular weight is 205 g/mol. The Morgan fingerprint density at radius 3 is 3.07 bits per heavy atom. The maximum atomic E-state index is 10.6. The maximum absolute atomic E-state index is 10.6. The van der Waals surface area contributed by atoms with Gasteiger partial charge in [-0.2, -0.15) is 0 Å². The maximum Gasteiger partial charge on any atom is 0.298 e. The van der Waals surface area contributed by atoms with E-state index in [9.17, 15) is 10.1 Å². The summed E-state index contributed by atoms with van der Waals surface area (Å²) in [7, 11) is 0. The molecule has 74 valence electrons. The molecule has 1 aromatic carbocycles. The van der Waals surface area contributed by atoms with E-state index in [-0.39, 0.29) is 22.8 Å². The Labute approximate surface area is 81.9 Å². The van der Waals surface area contributed by atoms with Crippen molar-refractivity contribution < 1.29 is 9.34 Å². The summed E-state index contributed by atoms with van der Waals surface area (Å²) in [6.07, 6.45) is 0. The second-order valence-electron chi connectivity index (χ2n) is 2.57. The molecule has 0 fully saturated rings. The predicted molar refractivity (Wildman–Crippen MR) is 49.5 cm³/mol. The molecule has 8 heteroatoms. The normalized spacial score (nSPS) is 9.87. The molecule has 0 bridgehead atoms. The zero-order chi connectivity index (χ0) is 10.8. The number of para-hydroxylation sites is 1. The van der Waals surface area contributed by atoms with Crippen LogP contribution in [0.15, 0.2) is 27.7 Å². The number of fused-ring (bicyclic) bond motifs is 1. The highest BCUT2D eigenvalue weighted by atomic mass is 16.6. The molecule has 0 atom stereocenters. The Balaban J connectivity index is 2.74. The van der Waals surface area contributed by atoms with Gasteiger partial charge in [0.2, 0.25) is 0 Å². The first-order valence-corrected chi connectivity index (χ1v) is 3.81. The van der Waals surface area contributed by atoms with Gasteiger partial charge >= 0.3 is 0 Å². The topological polar surface area (TPSA) is 118 Å². The summed E-state index contributed by atoms with van der Waals surface area (Å²) >= 11 is 0. The van der Waals surface area contributed by atoms with Crippen LogP contribution in [0.5, 0.6) is 0 Å². The van der Waals surface area contributed by atoms with Crippen molar-refractivity contribution in [3.63, 3.8) is 0 Å². The highest BCUT2D eigenvalue weighted by Crippen LogP contribution is 2.28. The molecule has 0 N–H and O–H groups in total. The number of benzene rings is 1. The minimum atomic E-state index is -0.579. The van der Waals surface area contributed by atoms with Crippen molar-refractivity contribution in [3.05, 3.63) is 38.8 Å². The van der Waals surface area contributed by atoms with Crippen LogP contribution in [-0.2, 0) is 0 Å². The van der Waals surface area contributed by atoms with Gasteiger partial charge in [-0.15, -0.1) is 0 Å². The lowest BCUT2D eigenvalue weighted by Crippen LogP contribution is -1.88. The van der Waals surface area contributed by atoms with Gasteiger partial charge in [-0.3, -0.25) is 10.1 Å². The van der Waals surface area contributed by atoms with Gasteiger partial charge in [-0.05, 0) is 16.7 Å². The van der Waals surface area contributed by atoms with Crippen LogP contribution in [0, 0.1) is 10.1 Å². The zero-order valence-electron chi connectivity index (χ0n) is 7.19. The number of hydrogen-bond donors (Lipinski definition) is 0. The van der Waals surface area contributed by atoms with Crippen LogP contribution >= 0.6 is 0 Å². The third-order valence-electron chi connectivity index (χ3n) is 1.71. The first-order valence-electron chi connectivity index (χ1n) is 3.81. The van der Waals surface area contributed by atoms with E-state index in [0.29, 0.717) is 0 Å². The van der Waals surface area contributed by atoms with Crippen molar-refractivity contribution in [2.45, 2.75) is 0 Å². The lowest BCUT2D eigenvalue weighted by molar-refractivity contribution is -0.383. The van der Waals surface area contributed by atoms with Crippen LogP contribution in [0.3, 0.4) is 0 Å². The number of rotatable bonds is 2. The van der Waals surface area contributed by atoms with Crippen molar-refractivity contribution in [1.82, 2.24) is 4.98 Å². The summed E-state index contributed by atoms with van der Waals surface area (Å²) in [5.74, 6) is 0. The summed E-state index contributed by atoms with van der Waals surface area (Å²) in [5.41, 5.74) is 8.25. The molecule has 0 aliphatic carbocycles. The molecule has 0 radical (unpaired) electrons. The van der Waals surface area contributed by atoms with E-state index in [0.717, 1.165) is 0 Å². The lowest BCUT2D eigenvalue weighted by Gasteiger charge is -1.88. The van der Waals surface area contributed by atoms with Crippen LogP contribution in [0.25, 0.3) is 21.5 Å². The quantitative estimate of drug-likeness (QED) is 0.246. The first kappa shape index (κ1) is 8.97. The van der Waals surface area contributed by atoms with E-state index in [1.54, 1.807) is 0 Å². The van der Waals surface area contributed by atoms with E-state index in [4.69, 9.17) is 9.95 Å². The van der Waals surface area contributed by atoms with Crippen LogP contribution in [-0.4, -0.2) is 9.91 Å². The van der Waals surface area contributed by atoms with Gasteiger partial charge in [-0.25, -0.2) is 4.98 Å². The minimum absolute atomic E-state index is 0.0740. The van der Waals surface area contributed by atoms with E-state index in [1.807, 2.05) is 0 Å². The first-order chi connectivity index (χ1) is 7.22. The molecule has 1 aromatic heterocycles. The third kappa shape index (κ3) is 1.45. The molecule has 8 nitrogen and oxygen atoms in total. The molecule has 0 unspecified atom stereocenters. The van der Waals surface area contributed by atoms with Gasteiger partial charge in [0.1, 0.15) is 0 Å². The Hall–Kier alpha value is -2.60. The van der Waals surface area contributed by atoms with Crippen molar-refractivity contribution in [1.29, 1.82) is 0 Å². The largest absolute Gasteiger partial charge is 0.434 e.